The molecule has 0 aliphatic carbocycles. The van der Waals surface area contributed by atoms with Crippen molar-refractivity contribution in [3.05, 3.63) is 29.0 Å². The Kier molecular flexibility index (Phi) is 2.67. The molecule has 4 nitrogen and oxygen atoms in total. The largest absolute Gasteiger partial charge is 0.262 e. The number of carbonyl (C=O) groups excluding carboxylic acids is 1. The smallest absolute Gasteiger partial charge is 0.173 e. The van der Waals surface area contributed by atoms with Crippen LogP contribution in [0, 0.1) is 6.92 Å². The normalized spacial score (nSPS) is 9.67. The Balaban J connectivity index is 2.41. The molecule has 0 saturated carbocycles. The summed E-state index contributed by atoms with van der Waals surface area (Å²) in [6, 6.07) is 3.74. The maximum Gasteiger partial charge on any atom is 0.173 e. The molecule has 0 aliphatic heterocycles. The fourth-order valence-electron chi connectivity index (χ4n) is 1.15. The number of hydrogen-bond acceptors (Lipinski definition) is 5. The zero-order chi connectivity index (χ0) is 10.7. The number of hydrogen-bond donors (Lipinski definition) is 0. The van der Waals surface area contributed by atoms with E-state index >= 15 is 0 Å². The summed E-state index contributed by atoms with van der Waals surface area (Å²) in [7, 11) is 0. The van der Waals surface area contributed by atoms with Gasteiger partial charge < -0.3 is 0 Å². The van der Waals surface area contributed by atoms with Crippen LogP contribution in [0.3, 0.4) is 0 Å². The topological polar surface area (TPSA) is 55.7 Å². The minimum Gasteiger partial charge on any atom is -0.262 e. The van der Waals surface area contributed by atoms with E-state index in [2.05, 4.69) is 14.3 Å². The van der Waals surface area contributed by atoms with Crippen LogP contribution >= 0.6 is 11.5 Å². The van der Waals surface area contributed by atoms with Crippen molar-refractivity contribution < 1.29 is 4.79 Å². The number of rotatable bonds is 2. The molecule has 2 aromatic heterocycles. The predicted molar refractivity (Wildman–Crippen MR) is 58.0 cm³/mol. The zero-order valence-corrected chi connectivity index (χ0v) is 8.78. The van der Waals surface area contributed by atoms with Crippen LogP contribution in [0.15, 0.2) is 18.3 Å². The third-order valence-corrected chi connectivity index (χ3v) is 2.44. The van der Waals surface area contributed by atoms with Gasteiger partial charge in [0.2, 0.25) is 0 Å². The van der Waals surface area contributed by atoms with Crippen LogP contribution in [0.4, 0.5) is 0 Å². The molecule has 0 amide bonds. The monoisotopic (exact) mass is 217 g/mol. The molecule has 0 bridgehead atoms. The van der Waals surface area contributed by atoms with Gasteiger partial charge in [-0.05, 0) is 30.6 Å². The average molecular weight is 217 g/mol. The van der Waals surface area contributed by atoms with Crippen molar-refractivity contribution >= 4 is 23.5 Å². The molecule has 74 valence electrons. The molecule has 0 aliphatic rings. The SMILES string of the molecule is Cc1cc(-c2nsc(C=C=O)n2)ccn1. The third-order valence-electron chi connectivity index (χ3n) is 1.78. The third kappa shape index (κ3) is 2.15. The summed E-state index contributed by atoms with van der Waals surface area (Å²) in [5.41, 5.74) is 1.82. The second-order valence-corrected chi connectivity index (χ2v) is 3.69. The first-order chi connectivity index (χ1) is 7.29. The Labute approximate surface area is 90.5 Å². The molecule has 0 unspecified atom stereocenters. The van der Waals surface area contributed by atoms with Crippen molar-refractivity contribution in [2.24, 2.45) is 0 Å². The molecule has 15 heavy (non-hydrogen) atoms. The molecular weight excluding hydrogens is 210 g/mol. The molecule has 0 saturated heterocycles. The fraction of sp³-hybridized carbons (Fsp3) is 0.100. The Morgan fingerprint density at radius 1 is 1.53 bits per heavy atom. The van der Waals surface area contributed by atoms with E-state index < -0.39 is 0 Å². The van der Waals surface area contributed by atoms with Gasteiger partial charge in [-0.1, -0.05) is 0 Å². The molecular formula is C10H7N3OS. The summed E-state index contributed by atoms with van der Waals surface area (Å²) in [5, 5.41) is 0.564. The van der Waals surface area contributed by atoms with Crippen LogP contribution < -0.4 is 0 Å². The Hall–Kier alpha value is -1.84. The van der Waals surface area contributed by atoms with Gasteiger partial charge in [0.15, 0.2) is 5.82 Å². The summed E-state index contributed by atoms with van der Waals surface area (Å²) in [4.78, 5) is 18.4. The Morgan fingerprint density at radius 2 is 2.40 bits per heavy atom. The summed E-state index contributed by atoms with van der Waals surface area (Å²) in [6.07, 6.45) is 2.98. The molecule has 5 heteroatoms. The lowest BCUT2D eigenvalue weighted by molar-refractivity contribution is 0.570. The summed E-state index contributed by atoms with van der Waals surface area (Å²) >= 11 is 1.18. The van der Waals surface area contributed by atoms with E-state index in [1.165, 1.54) is 17.6 Å². The molecule has 0 radical (unpaired) electrons. The van der Waals surface area contributed by atoms with E-state index in [1.807, 2.05) is 19.1 Å². The molecule has 0 atom stereocenters. The van der Waals surface area contributed by atoms with Crippen LogP contribution in [-0.2, 0) is 4.79 Å². The second-order valence-electron chi connectivity index (χ2n) is 2.90. The number of aryl methyl sites for hydroxylation is 1. The van der Waals surface area contributed by atoms with Crippen molar-refractivity contribution in [1.82, 2.24) is 14.3 Å². The van der Waals surface area contributed by atoms with Crippen LogP contribution in [0.2, 0.25) is 0 Å². The highest BCUT2D eigenvalue weighted by Crippen LogP contribution is 2.18. The first kappa shape index (κ1) is 9.71. The van der Waals surface area contributed by atoms with E-state index in [0.29, 0.717) is 10.8 Å². The summed E-state index contributed by atoms with van der Waals surface area (Å²) in [6.45, 7) is 1.90. The minimum atomic E-state index is 0.564. The molecule has 2 rings (SSSR count). The van der Waals surface area contributed by atoms with E-state index in [4.69, 9.17) is 0 Å². The van der Waals surface area contributed by atoms with Gasteiger partial charge in [-0.3, -0.25) is 4.98 Å². The molecule has 0 N–H and O–H groups in total. The highest BCUT2D eigenvalue weighted by molar-refractivity contribution is 7.06. The quantitative estimate of drug-likeness (QED) is 0.719. The molecule has 0 fully saturated rings. The number of pyridine rings is 1. The van der Waals surface area contributed by atoms with Gasteiger partial charge in [0.25, 0.3) is 0 Å². The van der Waals surface area contributed by atoms with Gasteiger partial charge in [-0.15, -0.1) is 0 Å². The lowest BCUT2D eigenvalue weighted by Gasteiger charge is -1.95. The van der Waals surface area contributed by atoms with Gasteiger partial charge in [-0.2, -0.15) is 4.37 Å². The van der Waals surface area contributed by atoms with Crippen LogP contribution in [0.5, 0.6) is 0 Å². The molecule has 0 spiro atoms. The summed E-state index contributed by atoms with van der Waals surface area (Å²) < 4.78 is 4.14. The predicted octanol–water partition coefficient (Wildman–Crippen LogP) is 1.75. The molecule has 2 aromatic rings. The van der Waals surface area contributed by atoms with Crippen molar-refractivity contribution in [3.8, 4) is 11.4 Å². The maximum atomic E-state index is 10.1. The fourth-order valence-corrected chi connectivity index (χ4v) is 1.70. The van der Waals surface area contributed by atoms with Gasteiger partial charge >= 0.3 is 0 Å². The minimum absolute atomic E-state index is 0.564. The van der Waals surface area contributed by atoms with Gasteiger partial charge in [0, 0.05) is 17.5 Å². The van der Waals surface area contributed by atoms with Gasteiger partial charge in [0.1, 0.15) is 10.9 Å². The van der Waals surface area contributed by atoms with Crippen LogP contribution in [-0.4, -0.2) is 20.3 Å². The maximum absolute atomic E-state index is 10.1. The van der Waals surface area contributed by atoms with Crippen LogP contribution in [0.25, 0.3) is 17.5 Å². The Morgan fingerprint density at radius 3 is 3.13 bits per heavy atom. The lowest BCUT2D eigenvalue weighted by atomic mass is 10.2. The molecule has 2 heterocycles. The van der Waals surface area contributed by atoms with Crippen molar-refractivity contribution in [2.75, 3.05) is 0 Å². The van der Waals surface area contributed by atoms with Crippen molar-refractivity contribution in [3.63, 3.8) is 0 Å². The number of aromatic nitrogens is 3. The first-order valence-corrected chi connectivity index (χ1v) is 5.04. The Bertz CT molecular complexity index is 529. The zero-order valence-electron chi connectivity index (χ0n) is 7.97. The molecule has 0 aromatic carbocycles. The van der Waals surface area contributed by atoms with Crippen LogP contribution in [0.1, 0.15) is 10.7 Å². The van der Waals surface area contributed by atoms with E-state index in [0.717, 1.165) is 11.3 Å². The van der Waals surface area contributed by atoms with E-state index in [-0.39, 0.29) is 0 Å². The average Bonchev–Trinajstić information content (AvgIpc) is 2.67. The standard InChI is InChI=1S/C10H7N3OS/c1-7-6-8(2-4-11-7)10-12-9(3-5-14)15-13-10/h2-4,6H,1H3. The van der Waals surface area contributed by atoms with E-state index in [1.54, 1.807) is 12.1 Å². The van der Waals surface area contributed by atoms with Gasteiger partial charge in [-0.25, -0.2) is 9.78 Å². The van der Waals surface area contributed by atoms with Crippen molar-refractivity contribution in [2.45, 2.75) is 6.92 Å². The van der Waals surface area contributed by atoms with Gasteiger partial charge in [0.05, 0.1) is 6.08 Å². The first-order valence-electron chi connectivity index (χ1n) is 4.27. The summed E-state index contributed by atoms with van der Waals surface area (Å²) in [5.74, 6) is 2.30. The highest BCUT2D eigenvalue weighted by atomic mass is 32.1. The highest BCUT2D eigenvalue weighted by Gasteiger charge is 2.04. The lowest BCUT2D eigenvalue weighted by Crippen LogP contribution is -1.84. The second kappa shape index (κ2) is 4.13. The number of nitrogens with zero attached hydrogens (tertiary/aromatic N) is 3. The van der Waals surface area contributed by atoms with E-state index in [9.17, 15) is 4.79 Å². The van der Waals surface area contributed by atoms with Crippen molar-refractivity contribution in [1.29, 1.82) is 0 Å².